The molecule has 2 aliphatic heterocycles. The van der Waals surface area contributed by atoms with Gasteiger partial charge in [0.15, 0.2) is 0 Å². The zero-order chi connectivity index (χ0) is 15.2. The van der Waals surface area contributed by atoms with E-state index in [0.717, 1.165) is 32.6 Å². The van der Waals surface area contributed by atoms with Crippen LogP contribution >= 0.6 is 12.4 Å². The Kier molecular flexibility index (Phi) is 7.30. The highest BCUT2D eigenvalue weighted by Gasteiger charge is 2.20. The first-order valence-corrected chi connectivity index (χ1v) is 8.06. The summed E-state index contributed by atoms with van der Waals surface area (Å²) in [6.45, 7) is 3.86. The molecular formula is C17H25ClN2O3. The molecule has 0 saturated carbocycles. The molecule has 6 heteroatoms. The fourth-order valence-electron chi connectivity index (χ4n) is 3.07. The van der Waals surface area contributed by atoms with Crippen LogP contribution in [0.1, 0.15) is 23.6 Å². The number of benzene rings is 1. The Bertz CT molecular complexity index is 506. The summed E-state index contributed by atoms with van der Waals surface area (Å²) in [4.78, 5) is 11.9. The maximum atomic E-state index is 11.9. The van der Waals surface area contributed by atoms with Crippen molar-refractivity contribution in [2.45, 2.75) is 18.9 Å². The standard InChI is InChI=1S/C17H24N2O3.ClH/c20-17(12-22-11-13-6-8-21-10-13)19-9-16-15-4-2-1-3-14(15)5-7-18-16;/h1-4,13,16,18H,5-12H2,(H,19,20);1H. The number of carbonyl (C=O) groups is 1. The average molecular weight is 341 g/mol. The van der Waals surface area contributed by atoms with Gasteiger partial charge in [-0.3, -0.25) is 4.79 Å². The van der Waals surface area contributed by atoms with Gasteiger partial charge in [0.2, 0.25) is 5.91 Å². The van der Waals surface area contributed by atoms with E-state index in [1.807, 2.05) is 6.07 Å². The highest BCUT2D eigenvalue weighted by atomic mass is 35.5. The first-order valence-electron chi connectivity index (χ1n) is 8.06. The summed E-state index contributed by atoms with van der Waals surface area (Å²) in [5.41, 5.74) is 2.66. The first-order chi connectivity index (χ1) is 10.8. The lowest BCUT2D eigenvalue weighted by molar-refractivity contribution is -0.126. The van der Waals surface area contributed by atoms with Crippen LogP contribution in [-0.2, 0) is 20.7 Å². The summed E-state index contributed by atoms with van der Waals surface area (Å²) in [5.74, 6) is 0.392. The van der Waals surface area contributed by atoms with Crippen molar-refractivity contribution >= 4 is 18.3 Å². The predicted molar refractivity (Wildman–Crippen MR) is 90.9 cm³/mol. The van der Waals surface area contributed by atoms with Gasteiger partial charge in [-0.25, -0.2) is 0 Å². The van der Waals surface area contributed by atoms with Gasteiger partial charge in [0.05, 0.1) is 13.2 Å². The molecule has 0 aromatic heterocycles. The Morgan fingerprint density at radius 3 is 3.09 bits per heavy atom. The third-order valence-corrected chi connectivity index (χ3v) is 4.33. The summed E-state index contributed by atoms with van der Waals surface area (Å²) in [6.07, 6.45) is 2.08. The van der Waals surface area contributed by atoms with Crippen LogP contribution in [0.5, 0.6) is 0 Å². The quantitative estimate of drug-likeness (QED) is 0.823. The van der Waals surface area contributed by atoms with Gasteiger partial charge in [-0.2, -0.15) is 0 Å². The zero-order valence-corrected chi connectivity index (χ0v) is 14.1. The van der Waals surface area contributed by atoms with E-state index in [9.17, 15) is 4.79 Å². The van der Waals surface area contributed by atoms with Crippen LogP contribution in [0.15, 0.2) is 24.3 Å². The Hall–Kier alpha value is -1.14. The number of hydrogen-bond acceptors (Lipinski definition) is 4. The van der Waals surface area contributed by atoms with Crippen LogP contribution in [0, 0.1) is 5.92 Å². The van der Waals surface area contributed by atoms with E-state index in [1.54, 1.807) is 0 Å². The monoisotopic (exact) mass is 340 g/mol. The van der Waals surface area contributed by atoms with E-state index in [0.29, 0.717) is 19.1 Å². The normalized spacial score (nSPS) is 23.0. The Morgan fingerprint density at radius 2 is 2.26 bits per heavy atom. The minimum absolute atomic E-state index is 0. The number of halogens is 1. The second kappa shape index (κ2) is 9.23. The molecule has 3 rings (SSSR count). The number of amides is 1. The maximum absolute atomic E-state index is 11.9. The van der Waals surface area contributed by atoms with Crippen LogP contribution in [0.25, 0.3) is 0 Å². The minimum Gasteiger partial charge on any atom is -0.381 e. The molecular weight excluding hydrogens is 316 g/mol. The lowest BCUT2D eigenvalue weighted by atomic mass is 9.94. The smallest absolute Gasteiger partial charge is 0.246 e. The molecule has 1 saturated heterocycles. The maximum Gasteiger partial charge on any atom is 0.246 e. The van der Waals surface area contributed by atoms with Crippen LogP contribution in [0.2, 0.25) is 0 Å². The number of rotatable bonds is 6. The van der Waals surface area contributed by atoms with Crippen molar-refractivity contribution in [2.75, 3.05) is 39.5 Å². The number of hydrogen-bond donors (Lipinski definition) is 2. The largest absolute Gasteiger partial charge is 0.381 e. The van der Waals surface area contributed by atoms with Gasteiger partial charge >= 0.3 is 0 Å². The van der Waals surface area contributed by atoms with Crippen LogP contribution in [0.4, 0.5) is 0 Å². The Balaban J connectivity index is 0.00000192. The fourth-order valence-corrected chi connectivity index (χ4v) is 3.07. The van der Waals surface area contributed by atoms with E-state index in [-0.39, 0.29) is 31.0 Å². The van der Waals surface area contributed by atoms with Gasteiger partial charge < -0.3 is 20.1 Å². The molecule has 1 amide bonds. The van der Waals surface area contributed by atoms with Crippen molar-refractivity contribution in [1.29, 1.82) is 0 Å². The third kappa shape index (κ3) is 5.18. The number of ether oxygens (including phenoxy) is 2. The summed E-state index contributed by atoms with van der Waals surface area (Å²) in [6, 6.07) is 8.61. The molecule has 0 spiro atoms. The van der Waals surface area contributed by atoms with Gasteiger partial charge in [0.1, 0.15) is 6.61 Å². The average Bonchev–Trinajstić information content (AvgIpc) is 3.06. The van der Waals surface area contributed by atoms with Gasteiger partial charge in [-0.15, -0.1) is 12.4 Å². The molecule has 1 fully saturated rings. The molecule has 128 valence electrons. The molecule has 0 aliphatic carbocycles. The van der Waals surface area contributed by atoms with Gasteiger partial charge in [-0.1, -0.05) is 24.3 Å². The summed E-state index contributed by atoms with van der Waals surface area (Å²) >= 11 is 0. The molecule has 2 atom stereocenters. The summed E-state index contributed by atoms with van der Waals surface area (Å²) in [7, 11) is 0. The van der Waals surface area contributed by atoms with Crippen molar-refractivity contribution in [1.82, 2.24) is 10.6 Å². The van der Waals surface area contributed by atoms with Crippen molar-refractivity contribution in [3.05, 3.63) is 35.4 Å². The third-order valence-electron chi connectivity index (χ3n) is 4.33. The molecule has 2 heterocycles. The number of carbonyl (C=O) groups excluding carboxylic acids is 1. The van der Waals surface area contributed by atoms with Crippen molar-refractivity contribution in [3.63, 3.8) is 0 Å². The van der Waals surface area contributed by atoms with E-state index >= 15 is 0 Å². The second-order valence-corrected chi connectivity index (χ2v) is 6.00. The zero-order valence-electron chi connectivity index (χ0n) is 13.3. The highest BCUT2D eigenvalue weighted by Crippen LogP contribution is 2.21. The van der Waals surface area contributed by atoms with Crippen LogP contribution < -0.4 is 10.6 Å². The lowest BCUT2D eigenvalue weighted by Crippen LogP contribution is -2.40. The molecule has 0 radical (unpaired) electrons. The molecule has 1 aromatic rings. The Labute approximate surface area is 143 Å². The van der Waals surface area contributed by atoms with E-state index in [2.05, 4.69) is 28.8 Å². The van der Waals surface area contributed by atoms with E-state index in [1.165, 1.54) is 11.1 Å². The van der Waals surface area contributed by atoms with Crippen LogP contribution in [0.3, 0.4) is 0 Å². The van der Waals surface area contributed by atoms with E-state index < -0.39 is 0 Å². The molecule has 2 N–H and O–H groups in total. The summed E-state index contributed by atoms with van der Waals surface area (Å²) in [5, 5.41) is 6.42. The van der Waals surface area contributed by atoms with Crippen LogP contribution in [-0.4, -0.2) is 45.4 Å². The molecule has 0 bridgehead atoms. The molecule has 23 heavy (non-hydrogen) atoms. The molecule has 2 aliphatic rings. The number of fused-ring (bicyclic) bond motifs is 1. The fraction of sp³-hybridized carbons (Fsp3) is 0.588. The Morgan fingerprint density at radius 1 is 1.39 bits per heavy atom. The molecule has 2 unspecified atom stereocenters. The molecule has 5 nitrogen and oxygen atoms in total. The number of nitrogens with one attached hydrogen (secondary N) is 2. The predicted octanol–water partition coefficient (Wildman–Crippen LogP) is 1.46. The highest BCUT2D eigenvalue weighted by molar-refractivity contribution is 5.85. The topological polar surface area (TPSA) is 59.6 Å². The lowest BCUT2D eigenvalue weighted by Gasteiger charge is -2.27. The second-order valence-electron chi connectivity index (χ2n) is 6.00. The minimum atomic E-state index is -0.0521. The first kappa shape index (κ1) is 18.2. The van der Waals surface area contributed by atoms with Crippen molar-refractivity contribution in [3.8, 4) is 0 Å². The van der Waals surface area contributed by atoms with Crippen molar-refractivity contribution in [2.24, 2.45) is 5.92 Å². The van der Waals surface area contributed by atoms with E-state index in [4.69, 9.17) is 9.47 Å². The van der Waals surface area contributed by atoms with Gasteiger partial charge in [0.25, 0.3) is 0 Å². The van der Waals surface area contributed by atoms with Gasteiger partial charge in [0, 0.05) is 25.1 Å². The van der Waals surface area contributed by atoms with Gasteiger partial charge in [-0.05, 0) is 30.5 Å². The SMILES string of the molecule is Cl.O=C(COCC1CCOC1)NCC1NCCc2ccccc21. The van der Waals surface area contributed by atoms with Crippen molar-refractivity contribution < 1.29 is 14.3 Å². The summed E-state index contributed by atoms with van der Waals surface area (Å²) < 4.78 is 10.8. The molecule has 1 aromatic carbocycles.